The second-order valence-corrected chi connectivity index (χ2v) is 2.76. The Morgan fingerprint density at radius 2 is 2.00 bits per heavy atom. The van der Waals surface area contributed by atoms with Crippen LogP contribution in [0.25, 0.3) is 0 Å². The van der Waals surface area contributed by atoms with Crippen molar-refractivity contribution in [3.05, 3.63) is 29.3 Å². The summed E-state index contributed by atoms with van der Waals surface area (Å²) in [7, 11) is 1.25. The molecule has 0 amide bonds. The van der Waals surface area contributed by atoms with Crippen molar-refractivity contribution in [1.29, 1.82) is 0 Å². The van der Waals surface area contributed by atoms with Gasteiger partial charge in [0, 0.05) is 5.56 Å². The molecular weight excluding hydrogens is 192 g/mol. The lowest BCUT2D eigenvalue weighted by Crippen LogP contribution is -2.08. The molecule has 0 heterocycles. The molecule has 1 aromatic rings. The van der Waals surface area contributed by atoms with E-state index in [1.807, 2.05) is 0 Å². The van der Waals surface area contributed by atoms with Crippen molar-refractivity contribution >= 4 is 0 Å². The molecule has 0 aromatic heterocycles. The van der Waals surface area contributed by atoms with E-state index in [1.54, 1.807) is 6.92 Å². The van der Waals surface area contributed by atoms with E-state index in [9.17, 15) is 8.78 Å². The van der Waals surface area contributed by atoms with E-state index >= 15 is 0 Å². The van der Waals surface area contributed by atoms with Crippen molar-refractivity contribution < 1.29 is 18.4 Å². The smallest absolute Gasteiger partial charge is 0.200 e. The quantitative estimate of drug-likeness (QED) is 0.763. The summed E-state index contributed by atoms with van der Waals surface area (Å²) >= 11 is 0. The monoisotopic (exact) mass is 203 g/mol. The molecule has 0 radical (unpaired) electrons. The van der Waals surface area contributed by atoms with Crippen LogP contribution in [0.2, 0.25) is 0 Å². The van der Waals surface area contributed by atoms with Gasteiger partial charge in [-0.05, 0) is 19.1 Å². The first-order valence-corrected chi connectivity index (χ1v) is 3.99. The molecule has 0 aliphatic heterocycles. The first-order chi connectivity index (χ1) is 6.61. The van der Waals surface area contributed by atoms with Gasteiger partial charge >= 0.3 is 0 Å². The Hall–Kier alpha value is -1.20. The average molecular weight is 203 g/mol. The zero-order valence-electron chi connectivity index (χ0n) is 7.88. The lowest BCUT2D eigenvalue weighted by molar-refractivity contribution is 0.0640. The van der Waals surface area contributed by atoms with Crippen LogP contribution in [-0.2, 0) is 4.84 Å². The molecule has 0 saturated carbocycles. The summed E-state index contributed by atoms with van der Waals surface area (Å²) in [4.78, 5) is 4.50. The van der Waals surface area contributed by atoms with E-state index in [2.05, 4.69) is 4.84 Å². The minimum atomic E-state index is -1.03. The van der Waals surface area contributed by atoms with E-state index in [0.717, 1.165) is 6.07 Å². The van der Waals surface area contributed by atoms with Gasteiger partial charge in [-0.2, -0.15) is 4.39 Å². The van der Waals surface area contributed by atoms with Crippen LogP contribution in [0, 0.1) is 11.6 Å². The van der Waals surface area contributed by atoms with E-state index in [0.29, 0.717) is 5.56 Å². The number of hydrogen-bond donors (Lipinski definition) is 1. The number of methoxy groups -OCH3 is 1. The van der Waals surface area contributed by atoms with Gasteiger partial charge in [0.2, 0.25) is 5.82 Å². The Kier molecular flexibility index (Phi) is 3.38. The van der Waals surface area contributed by atoms with E-state index < -0.39 is 17.7 Å². The summed E-state index contributed by atoms with van der Waals surface area (Å²) in [5.74, 6) is 2.77. The van der Waals surface area contributed by atoms with Crippen molar-refractivity contribution in [2.24, 2.45) is 5.90 Å². The van der Waals surface area contributed by atoms with Crippen LogP contribution in [0.3, 0.4) is 0 Å². The second kappa shape index (κ2) is 4.34. The minimum Gasteiger partial charge on any atom is -0.493 e. The standard InChI is InChI=1S/C9H11F2NO2/c1-5(14-12)6-3-4-7(10)8(11)9(6)13-2/h3-5H,12H2,1-2H3. The van der Waals surface area contributed by atoms with Gasteiger partial charge in [-0.1, -0.05) is 0 Å². The third-order valence-corrected chi connectivity index (χ3v) is 1.93. The van der Waals surface area contributed by atoms with Crippen LogP contribution in [0.4, 0.5) is 8.78 Å². The molecule has 0 aliphatic rings. The van der Waals surface area contributed by atoms with Gasteiger partial charge in [0.1, 0.15) is 6.10 Å². The molecule has 14 heavy (non-hydrogen) atoms. The van der Waals surface area contributed by atoms with Gasteiger partial charge in [0.25, 0.3) is 0 Å². The number of rotatable bonds is 3. The highest BCUT2D eigenvalue weighted by molar-refractivity contribution is 5.37. The molecule has 1 rings (SSSR count). The van der Waals surface area contributed by atoms with Crippen LogP contribution in [-0.4, -0.2) is 7.11 Å². The van der Waals surface area contributed by atoms with Gasteiger partial charge in [0.05, 0.1) is 7.11 Å². The summed E-state index contributed by atoms with van der Waals surface area (Å²) < 4.78 is 30.7. The lowest BCUT2D eigenvalue weighted by Gasteiger charge is -2.14. The summed E-state index contributed by atoms with van der Waals surface area (Å²) in [6.45, 7) is 1.61. The molecule has 78 valence electrons. The van der Waals surface area contributed by atoms with Crippen molar-refractivity contribution in [2.75, 3.05) is 7.11 Å². The first kappa shape index (κ1) is 10.9. The van der Waals surface area contributed by atoms with Crippen LogP contribution in [0.15, 0.2) is 12.1 Å². The maximum Gasteiger partial charge on any atom is 0.200 e. The predicted octanol–water partition coefficient (Wildman–Crippen LogP) is 1.92. The Bertz CT molecular complexity index is 331. The number of nitrogens with two attached hydrogens (primary N) is 1. The fourth-order valence-electron chi connectivity index (χ4n) is 1.15. The van der Waals surface area contributed by atoms with Crippen LogP contribution < -0.4 is 10.6 Å². The number of halogens is 2. The summed E-state index contributed by atoms with van der Waals surface area (Å²) in [5, 5.41) is 0. The normalized spacial score (nSPS) is 12.6. The molecule has 1 atom stereocenters. The Morgan fingerprint density at radius 1 is 1.36 bits per heavy atom. The summed E-state index contributed by atoms with van der Waals surface area (Å²) in [6, 6.07) is 2.37. The van der Waals surface area contributed by atoms with Gasteiger partial charge in [-0.15, -0.1) is 0 Å². The van der Waals surface area contributed by atoms with E-state index in [1.165, 1.54) is 13.2 Å². The zero-order valence-corrected chi connectivity index (χ0v) is 7.88. The minimum absolute atomic E-state index is 0.178. The van der Waals surface area contributed by atoms with Gasteiger partial charge in [0.15, 0.2) is 11.6 Å². The highest BCUT2D eigenvalue weighted by Gasteiger charge is 2.18. The Balaban J connectivity index is 3.23. The van der Waals surface area contributed by atoms with Crippen molar-refractivity contribution in [3.8, 4) is 5.75 Å². The van der Waals surface area contributed by atoms with Gasteiger partial charge < -0.3 is 4.74 Å². The largest absolute Gasteiger partial charge is 0.493 e. The Labute approximate surface area is 80.4 Å². The molecule has 0 aliphatic carbocycles. The molecular formula is C9H11F2NO2. The van der Waals surface area contributed by atoms with Crippen LogP contribution in [0.1, 0.15) is 18.6 Å². The molecule has 0 bridgehead atoms. The highest BCUT2D eigenvalue weighted by Crippen LogP contribution is 2.30. The summed E-state index contributed by atoms with van der Waals surface area (Å²) in [6.07, 6.45) is -0.556. The molecule has 2 N–H and O–H groups in total. The summed E-state index contributed by atoms with van der Waals surface area (Å²) in [5.41, 5.74) is 0.369. The zero-order chi connectivity index (χ0) is 10.7. The number of benzene rings is 1. The number of ether oxygens (including phenoxy) is 1. The van der Waals surface area contributed by atoms with Crippen molar-refractivity contribution in [2.45, 2.75) is 13.0 Å². The average Bonchev–Trinajstić information content (AvgIpc) is 2.20. The number of hydrogen-bond acceptors (Lipinski definition) is 3. The maximum atomic E-state index is 13.2. The predicted molar refractivity (Wildman–Crippen MR) is 46.6 cm³/mol. The topological polar surface area (TPSA) is 44.5 Å². The van der Waals surface area contributed by atoms with Gasteiger partial charge in [-0.25, -0.2) is 10.3 Å². The molecule has 1 unspecified atom stereocenters. The maximum absolute atomic E-state index is 13.2. The van der Waals surface area contributed by atoms with Crippen LogP contribution in [0.5, 0.6) is 5.75 Å². The molecule has 1 aromatic carbocycles. The lowest BCUT2D eigenvalue weighted by atomic mass is 10.1. The SMILES string of the molecule is COc1c(C(C)ON)ccc(F)c1F. The molecule has 0 spiro atoms. The van der Waals surface area contributed by atoms with Crippen molar-refractivity contribution in [3.63, 3.8) is 0 Å². The highest BCUT2D eigenvalue weighted by atomic mass is 19.2. The Morgan fingerprint density at radius 3 is 2.50 bits per heavy atom. The fraction of sp³-hybridized carbons (Fsp3) is 0.333. The van der Waals surface area contributed by atoms with Crippen LogP contribution >= 0.6 is 0 Å². The van der Waals surface area contributed by atoms with Gasteiger partial charge in [-0.3, -0.25) is 4.84 Å². The second-order valence-electron chi connectivity index (χ2n) is 2.76. The molecule has 5 heteroatoms. The van der Waals surface area contributed by atoms with Crippen molar-refractivity contribution in [1.82, 2.24) is 0 Å². The molecule has 3 nitrogen and oxygen atoms in total. The van der Waals surface area contributed by atoms with E-state index in [4.69, 9.17) is 10.6 Å². The van der Waals surface area contributed by atoms with E-state index in [-0.39, 0.29) is 5.75 Å². The molecule has 0 fully saturated rings. The molecule has 0 saturated heterocycles. The third-order valence-electron chi connectivity index (χ3n) is 1.93. The fourth-order valence-corrected chi connectivity index (χ4v) is 1.15. The first-order valence-electron chi connectivity index (χ1n) is 3.99. The third kappa shape index (κ3) is 1.83.